The number of ether oxygens (including phenoxy) is 5. The molecule has 1 fully saturated rings. The Morgan fingerprint density at radius 3 is 1.84 bits per heavy atom. The number of hydrogen-bond acceptors (Lipinski definition) is 6. The molecule has 0 aromatic carbocycles. The number of rotatable bonds is 16. The first kappa shape index (κ1) is 33.9. The van der Waals surface area contributed by atoms with Crippen molar-refractivity contribution >= 4 is 8.32 Å². The summed E-state index contributed by atoms with van der Waals surface area (Å²) in [4.78, 5) is 0. The van der Waals surface area contributed by atoms with Crippen molar-refractivity contribution in [3.63, 3.8) is 0 Å². The van der Waals surface area contributed by atoms with Crippen LogP contribution in [0.25, 0.3) is 0 Å². The lowest BCUT2D eigenvalue weighted by molar-refractivity contribution is -0.331. The molecule has 38 heavy (non-hydrogen) atoms. The van der Waals surface area contributed by atoms with Crippen molar-refractivity contribution in [1.82, 2.24) is 0 Å². The van der Waals surface area contributed by atoms with Gasteiger partial charge in [0.2, 0.25) is 0 Å². The van der Waals surface area contributed by atoms with Crippen molar-refractivity contribution in [3.05, 3.63) is 12.2 Å². The minimum atomic E-state index is -1.98. The molecule has 1 aliphatic heterocycles. The smallest absolute Gasteiger partial charge is 0.192 e. The van der Waals surface area contributed by atoms with Gasteiger partial charge in [0.25, 0.3) is 0 Å². The maximum atomic E-state index is 6.93. The number of unbranched alkanes of at least 4 members (excludes halogenated alkanes) is 3. The zero-order valence-corrected chi connectivity index (χ0v) is 27.3. The van der Waals surface area contributed by atoms with Crippen LogP contribution in [0.4, 0.5) is 0 Å². The van der Waals surface area contributed by atoms with Gasteiger partial charge < -0.3 is 28.1 Å². The van der Waals surface area contributed by atoms with Gasteiger partial charge in [0.15, 0.2) is 14.6 Å². The lowest BCUT2D eigenvalue weighted by Crippen LogP contribution is -2.62. The van der Waals surface area contributed by atoms with Gasteiger partial charge in [0.1, 0.15) is 18.3 Å². The first-order valence-electron chi connectivity index (χ1n) is 15.5. The Morgan fingerprint density at radius 1 is 0.789 bits per heavy atom. The zero-order valence-electron chi connectivity index (χ0n) is 26.3. The molecule has 0 aromatic rings. The Hall–Kier alpha value is -0.283. The van der Waals surface area contributed by atoms with Gasteiger partial charge in [0.05, 0.1) is 18.3 Å². The molecule has 1 aliphatic carbocycles. The largest absolute Gasteiger partial charge is 0.411 e. The van der Waals surface area contributed by atoms with Gasteiger partial charge in [0, 0.05) is 25.7 Å². The molecule has 6 nitrogen and oxygen atoms in total. The van der Waals surface area contributed by atoms with E-state index < -0.39 is 14.6 Å². The van der Waals surface area contributed by atoms with Crippen LogP contribution in [-0.2, 0) is 28.1 Å². The van der Waals surface area contributed by atoms with Crippen LogP contribution in [-0.4, -0.2) is 71.1 Å². The van der Waals surface area contributed by atoms with Gasteiger partial charge in [-0.15, -0.1) is 0 Å². The minimum Gasteiger partial charge on any atom is -0.411 e. The van der Waals surface area contributed by atoms with E-state index in [4.69, 9.17) is 28.1 Å². The predicted octanol–water partition coefficient (Wildman–Crippen LogP) is 7.66. The van der Waals surface area contributed by atoms with E-state index in [1.54, 1.807) is 0 Å². The second-order valence-electron chi connectivity index (χ2n) is 12.8. The normalized spacial score (nSPS) is 32.6. The lowest BCUT2D eigenvalue weighted by atomic mass is 9.91. The van der Waals surface area contributed by atoms with E-state index in [0.29, 0.717) is 19.8 Å². The third kappa shape index (κ3) is 9.67. The quantitative estimate of drug-likeness (QED) is 0.110. The van der Waals surface area contributed by atoms with E-state index in [0.717, 1.165) is 44.9 Å². The van der Waals surface area contributed by atoms with Gasteiger partial charge in [-0.3, -0.25) is 0 Å². The molecule has 1 saturated heterocycles. The van der Waals surface area contributed by atoms with Crippen LogP contribution >= 0.6 is 0 Å². The summed E-state index contributed by atoms with van der Waals surface area (Å²) in [5.74, 6) is 0.215. The molecule has 0 amide bonds. The summed E-state index contributed by atoms with van der Waals surface area (Å²) in [6.07, 6.45) is 10.0. The first-order chi connectivity index (χ1) is 18.0. The topological polar surface area (TPSA) is 55.4 Å². The van der Waals surface area contributed by atoms with Gasteiger partial charge in [-0.2, -0.15) is 0 Å². The molecule has 0 spiro atoms. The molecular formula is C31H60O6Si. The maximum Gasteiger partial charge on any atom is 0.192 e. The Labute approximate surface area is 235 Å². The Morgan fingerprint density at radius 2 is 1.32 bits per heavy atom. The molecule has 7 heteroatoms. The van der Waals surface area contributed by atoms with E-state index in [9.17, 15) is 0 Å². The number of hydrogen-bond donors (Lipinski definition) is 0. The van der Waals surface area contributed by atoms with Crippen molar-refractivity contribution in [3.8, 4) is 0 Å². The third-order valence-corrected chi connectivity index (χ3v) is 12.9. The Bertz CT molecular complexity index is 678. The summed E-state index contributed by atoms with van der Waals surface area (Å²) >= 11 is 0. The first-order valence-corrected chi connectivity index (χ1v) is 18.4. The van der Waals surface area contributed by atoms with Gasteiger partial charge in [-0.1, -0.05) is 79.9 Å². The fourth-order valence-electron chi connectivity index (χ4n) is 4.82. The molecule has 0 aromatic heterocycles. The lowest BCUT2D eigenvalue weighted by Gasteiger charge is -2.48. The van der Waals surface area contributed by atoms with Crippen LogP contribution in [0, 0.1) is 5.92 Å². The van der Waals surface area contributed by atoms with E-state index in [1.165, 1.54) is 0 Å². The molecule has 1 heterocycles. The molecule has 5 unspecified atom stereocenters. The molecule has 8 atom stereocenters. The SMILES string of the molecule is CCCCOC1C(OCCCC)[C@H](OCCCC)C(C)O[C@H]1OC1C(C)C=CC[C@H]1O[Si](C)(C)C(C)(C)C. The van der Waals surface area contributed by atoms with E-state index in [1.807, 2.05) is 0 Å². The summed E-state index contributed by atoms with van der Waals surface area (Å²) in [6, 6.07) is 0. The highest BCUT2D eigenvalue weighted by Crippen LogP contribution is 2.40. The fraction of sp³-hybridized carbons (Fsp3) is 0.935. The molecule has 0 radical (unpaired) electrons. The molecule has 0 saturated carbocycles. The van der Waals surface area contributed by atoms with Gasteiger partial charge in [-0.25, -0.2) is 0 Å². The van der Waals surface area contributed by atoms with E-state index >= 15 is 0 Å². The highest BCUT2D eigenvalue weighted by molar-refractivity contribution is 6.74. The minimum absolute atomic E-state index is 0.0101. The van der Waals surface area contributed by atoms with Crippen LogP contribution < -0.4 is 0 Å². The van der Waals surface area contributed by atoms with Gasteiger partial charge >= 0.3 is 0 Å². The molecule has 0 N–H and O–H groups in total. The summed E-state index contributed by atoms with van der Waals surface area (Å²) in [7, 11) is -1.98. The highest BCUT2D eigenvalue weighted by atomic mass is 28.4. The predicted molar refractivity (Wildman–Crippen MR) is 158 cm³/mol. The fourth-order valence-corrected chi connectivity index (χ4v) is 6.16. The maximum absolute atomic E-state index is 6.93. The summed E-state index contributed by atoms with van der Waals surface area (Å²) in [6.45, 7) is 24.4. The zero-order chi connectivity index (χ0) is 28.3. The highest BCUT2D eigenvalue weighted by Gasteiger charge is 2.50. The average Bonchev–Trinajstić information content (AvgIpc) is 2.83. The van der Waals surface area contributed by atoms with Gasteiger partial charge in [-0.05, 0) is 50.7 Å². The monoisotopic (exact) mass is 556 g/mol. The van der Waals surface area contributed by atoms with Crippen molar-refractivity contribution in [2.45, 2.75) is 161 Å². The van der Waals surface area contributed by atoms with E-state index in [2.05, 4.69) is 80.6 Å². The molecule has 2 aliphatic rings. The van der Waals surface area contributed by atoms with Crippen LogP contribution in [0.1, 0.15) is 100 Å². The second kappa shape index (κ2) is 16.2. The molecular weight excluding hydrogens is 496 g/mol. The molecule has 0 bridgehead atoms. The summed E-state index contributed by atoms with van der Waals surface area (Å²) in [5, 5.41) is 0.130. The van der Waals surface area contributed by atoms with Crippen molar-refractivity contribution in [2.24, 2.45) is 5.92 Å². The van der Waals surface area contributed by atoms with Crippen LogP contribution in [0.3, 0.4) is 0 Å². The molecule has 2 rings (SSSR count). The van der Waals surface area contributed by atoms with E-state index in [-0.39, 0.29) is 47.6 Å². The van der Waals surface area contributed by atoms with Crippen molar-refractivity contribution in [2.75, 3.05) is 19.8 Å². The standard InChI is InChI=1S/C31H60O6Si/c1-11-14-20-32-27-24(5)35-30(29(34-22-16-13-3)28(27)33-21-15-12-2)36-26-23(4)18-17-19-25(26)37-38(9,10)31(6,7)8/h17-18,23-30H,11-16,19-22H2,1-10H3/t23?,24?,25-,26?,27-,28?,29?,30+/m1/s1. The Kier molecular flexibility index (Phi) is 14.5. The average molecular weight is 557 g/mol. The van der Waals surface area contributed by atoms with Crippen LogP contribution in [0.2, 0.25) is 18.1 Å². The summed E-state index contributed by atoms with van der Waals surface area (Å²) < 4.78 is 39.9. The van der Waals surface area contributed by atoms with Crippen molar-refractivity contribution < 1.29 is 28.1 Å². The van der Waals surface area contributed by atoms with Crippen LogP contribution in [0.15, 0.2) is 12.2 Å². The summed E-state index contributed by atoms with van der Waals surface area (Å²) in [5.41, 5.74) is 0. The molecule has 224 valence electrons. The van der Waals surface area contributed by atoms with Crippen LogP contribution in [0.5, 0.6) is 0 Å². The Balaban J connectivity index is 2.31. The third-order valence-electron chi connectivity index (χ3n) is 8.39. The van der Waals surface area contributed by atoms with Crippen molar-refractivity contribution in [1.29, 1.82) is 0 Å². The second-order valence-corrected chi connectivity index (χ2v) is 17.6.